The Hall–Kier alpha value is -2.46. The van der Waals surface area contributed by atoms with Crippen molar-refractivity contribution >= 4 is 11.9 Å². The van der Waals surface area contributed by atoms with Crippen LogP contribution < -0.4 is 0 Å². The van der Waals surface area contributed by atoms with Gasteiger partial charge in [0.1, 0.15) is 0 Å². The second-order valence-electron chi connectivity index (χ2n) is 7.78. The molecule has 1 fully saturated rings. The van der Waals surface area contributed by atoms with Gasteiger partial charge in [-0.15, -0.1) is 0 Å². The quantitative estimate of drug-likeness (QED) is 0.618. The van der Waals surface area contributed by atoms with Gasteiger partial charge in [0.2, 0.25) is 0 Å². The molecule has 0 aromatic heterocycles. The van der Waals surface area contributed by atoms with E-state index in [4.69, 9.17) is 9.47 Å². The van der Waals surface area contributed by atoms with Crippen LogP contribution in [0.5, 0.6) is 0 Å². The van der Waals surface area contributed by atoms with Gasteiger partial charge >= 0.3 is 11.9 Å². The molecule has 0 amide bonds. The predicted octanol–water partition coefficient (Wildman–Crippen LogP) is 3.17. The Morgan fingerprint density at radius 2 is 1.54 bits per heavy atom. The van der Waals surface area contributed by atoms with Gasteiger partial charge in [-0.3, -0.25) is 9.59 Å². The summed E-state index contributed by atoms with van der Waals surface area (Å²) < 4.78 is 11.1. The van der Waals surface area contributed by atoms with Gasteiger partial charge in [-0.2, -0.15) is 0 Å². The molecule has 0 radical (unpaired) electrons. The fraction of sp³-hybridized carbons (Fsp3) is 0.364. The maximum atomic E-state index is 13.0. The molecule has 26 heavy (non-hydrogen) atoms. The fourth-order valence-corrected chi connectivity index (χ4v) is 5.95. The van der Waals surface area contributed by atoms with Crippen molar-refractivity contribution < 1.29 is 19.1 Å². The Morgan fingerprint density at radius 3 is 2.08 bits per heavy atom. The van der Waals surface area contributed by atoms with Gasteiger partial charge in [0, 0.05) is 13.0 Å². The van der Waals surface area contributed by atoms with E-state index in [9.17, 15) is 9.59 Å². The molecule has 132 valence electrons. The number of esters is 2. The summed E-state index contributed by atoms with van der Waals surface area (Å²) in [5.74, 6) is -1.64. The van der Waals surface area contributed by atoms with Gasteiger partial charge in [-0.1, -0.05) is 48.5 Å². The maximum Gasteiger partial charge on any atom is 0.321 e. The van der Waals surface area contributed by atoms with Crippen LogP contribution in [0.2, 0.25) is 0 Å². The number of benzene rings is 2. The Bertz CT molecular complexity index is 915. The highest BCUT2D eigenvalue weighted by atomic mass is 16.6. The van der Waals surface area contributed by atoms with Crippen LogP contribution in [0.15, 0.2) is 48.5 Å². The predicted molar refractivity (Wildman–Crippen MR) is 94.7 cm³/mol. The topological polar surface area (TPSA) is 52.6 Å². The summed E-state index contributed by atoms with van der Waals surface area (Å²) in [5.41, 5.74) is 2.68. The molecule has 4 heteroatoms. The second-order valence-corrected chi connectivity index (χ2v) is 7.78. The summed E-state index contributed by atoms with van der Waals surface area (Å²) in [6.45, 7) is 3.87. The number of ether oxygens (including phenoxy) is 2. The number of carbonyl (C=O) groups excluding carboxylic acids is 2. The minimum Gasteiger partial charge on any atom is -0.392 e. The molecule has 2 aromatic carbocycles. The molecule has 2 bridgehead atoms. The first-order valence-corrected chi connectivity index (χ1v) is 8.96. The van der Waals surface area contributed by atoms with E-state index in [1.165, 1.54) is 0 Å². The van der Waals surface area contributed by atoms with E-state index in [1.807, 2.05) is 38.1 Å². The number of cyclic esters (lactones) is 2. The standard InChI is InChI=1S/C22H20O4/c1-12(25-3)22-15-10-6-4-8-13(15)17(14-9-5-7-11-16(14)22)21(2)18(22)19(23)26-20(21)24/h4-12,17-18H,1-3H3. The van der Waals surface area contributed by atoms with Gasteiger partial charge in [0.05, 0.1) is 22.9 Å². The average Bonchev–Trinajstić information content (AvgIpc) is 2.90. The van der Waals surface area contributed by atoms with Crippen LogP contribution in [0.1, 0.15) is 42.0 Å². The lowest BCUT2D eigenvalue weighted by Crippen LogP contribution is -2.62. The molecule has 1 saturated heterocycles. The molecule has 0 N–H and O–H groups in total. The van der Waals surface area contributed by atoms with Crippen molar-refractivity contribution in [2.24, 2.45) is 11.3 Å². The number of rotatable bonds is 2. The Kier molecular flexibility index (Phi) is 2.93. The van der Waals surface area contributed by atoms with Crippen LogP contribution in [0.3, 0.4) is 0 Å². The highest BCUT2D eigenvalue weighted by molar-refractivity contribution is 6.03. The second kappa shape index (κ2) is 4.83. The van der Waals surface area contributed by atoms with Crippen molar-refractivity contribution in [3.8, 4) is 0 Å². The maximum absolute atomic E-state index is 13.0. The van der Waals surface area contributed by atoms with Crippen LogP contribution in [-0.4, -0.2) is 25.2 Å². The number of methoxy groups -OCH3 is 1. The monoisotopic (exact) mass is 348 g/mol. The summed E-state index contributed by atoms with van der Waals surface area (Å²) in [5, 5.41) is 0. The minimum atomic E-state index is -0.924. The summed E-state index contributed by atoms with van der Waals surface area (Å²) >= 11 is 0. The van der Waals surface area contributed by atoms with Gasteiger partial charge in [0.15, 0.2) is 0 Å². The first-order chi connectivity index (χ1) is 12.5. The highest BCUT2D eigenvalue weighted by Crippen LogP contribution is 2.70. The molecule has 1 aliphatic heterocycles. The van der Waals surface area contributed by atoms with Gasteiger partial charge in [0.25, 0.3) is 0 Å². The average molecular weight is 348 g/mol. The SMILES string of the molecule is COC(C)C12c3ccccc3C(c3ccccc31)C1(C)C(=O)OC(=O)C12. The van der Waals surface area contributed by atoms with Crippen molar-refractivity contribution in [2.45, 2.75) is 31.3 Å². The lowest BCUT2D eigenvalue weighted by Gasteiger charge is -2.59. The number of carbonyl (C=O) groups is 2. The third kappa shape index (κ3) is 1.44. The molecule has 1 heterocycles. The van der Waals surface area contributed by atoms with Crippen LogP contribution in [-0.2, 0) is 24.5 Å². The van der Waals surface area contributed by atoms with Gasteiger partial charge < -0.3 is 9.47 Å². The Balaban J connectivity index is 2.00. The molecule has 2 aromatic rings. The zero-order valence-corrected chi connectivity index (χ0v) is 15.0. The molecule has 0 spiro atoms. The van der Waals surface area contributed by atoms with Crippen molar-refractivity contribution in [3.05, 3.63) is 70.8 Å². The molecule has 6 rings (SSSR count). The summed E-state index contributed by atoms with van der Waals surface area (Å²) in [7, 11) is 1.66. The lowest BCUT2D eigenvalue weighted by molar-refractivity contribution is -0.155. The largest absolute Gasteiger partial charge is 0.392 e. The third-order valence-corrected chi connectivity index (χ3v) is 6.95. The summed E-state index contributed by atoms with van der Waals surface area (Å²) in [6, 6.07) is 16.3. The first kappa shape index (κ1) is 15.8. The zero-order valence-electron chi connectivity index (χ0n) is 15.0. The number of hydrogen-bond acceptors (Lipinski definition) is 4. The highest BCUT2D eigenvalue weighted by Gasteiger charge is 2.74. The fourth-order valence-electron chi connectivity index (χ4n) is 5.95. The van der Waals surface area contributed by atoms with Crippen LogP contribution >= 0.6 is 0 Å². The minimum absolute atomic E-state index is 0.190. The van der Waals surface area contributed by atoms with Crippen molar-refractivity contribution in [2.75, 3.05) is 7.11 Å². The molecular weight excluding hydrogens is 328 g/mol. The van der Waals surface area contributed by atoms with Gasteiger partial charge in [-0.25, -0.2) is 0 Å². The van der Waals surface area contributed by atoms with Crippen molar-refractivity contribution in [1.29, 1.82) is 0 Å². The van der Waals surface area contributed by atoms with Crippen LogP contribution in [0, 0.1) is 11.3 Å². The van der Waals surface area contributed by atoms with Crippen molar-refractivity contribution in [1.82, 2.24) is 0 Å². The first-order valence-electron chi connectivity index (χ1n) is 8.96. The normalized spacial score (nSPS) is 34.7. The molecule has 3 atom stereocenters. The lowest BCUT2D eigenvalue weighted by atomic mass is 9.41. The van der Waals surface area contributed by atoms with Crippen molar-refractivity contribution in [3.63, 3.8) is 0 Å². The van der Waals surface area contributed by atoms with Gasteiger partial charge in [-0.05, 0) is 36.1 Å². The summed E-state index contributed by atoms with van der Waals surface area (Å²) in [6.07, 6.45) is -0.297. The summed E-state index contributed by atoms with van der Waals surface area (Å²) in [4.78, 5) is 25.9. The molecular formula is C22H20O4. The number of hydrogen-bond donors (Lipinski definition) is 0. The Morgan fingerprint density at radius 1 is 1.00 bits per heavy atom. The van der Waals surface area contributed by atoms with E-state index in [1.54, 1.807) is 7.11 Å². The van der Waals surface area contributed by atoms with E-state index in [0.29, 0.717) is 0 Å². The van der Waals surface area contributed by atoms with E-state index in [2.05, 4.69) is 24.3 Å². The van der Waals surface area contributed by atoms with E-state index >= 15 is 0 Å². The molecule has 0 saturated carbocycles. The Labute approximate surface area is 152 Å². The molecule has 3 unspecified atom stereocenters. The smallest absolute Gasteiger partial charge is 0.321 e. The van der Waals surface area contributed by atoms with Crippen LogP contribution in [0.25, 0.3) is 0 Å². The van der Waals surface area contributed by atoms with E-state index in [-0.39, 0.29) is 12.0 Å². The van der Waals surface area contributed by atoms with E-state index < -0.39 is 28.7 Å². The molecule has 3 aliphatic carbocycles. The molecule has 4 aliphatic rings. The molecule has 4 nitrogen and oxygen atoms in total. The van der Waals surface area contributed by atoms with E-state index in [0.717, 1.165) is 22.3 Å². The third-order valence-electron chi connectivity index (χ3n) is 6.95. The zero-order chi connectivity index (χ0) is 18.3. The van der Waals surface area contributed by atoms with Crippen LogP contribution in [0.4, 0.5) is 0 Å².